The predicted molar refractivity (Wildman–Crippen MR) is 82.8 cm³/mol. The predicted octanol–water partition coefficient (Wildman–Crippen LogP) is 1.06. The highest BCUT2D eigenvalue weighted by molar-refractivity contribution is 5.85. The summed E-state index contributed by atoms with van der Waals surface area (Å²) in [6.07, 6.45) is 4.19. The van der Waals surface area contributed by atoms with Crippen molar-refractivity contribution in [2.45, 2.75) is 6.42 Å². The topological polar surface area (TPSA) is 58.4 Å². The molecule has 3 rings (SSSR count). The molecule has 0 bridgehead atoms. The van der Waals surface area contributed by atoms with E-state index in [-0.39, 0.29) is 30.7 Å². The zero-order valence-corrected chi connectivity index (χ0v) is 12.5. The van der Waals surface area contributed by atoms with Crippen molar-refractivity contribution in [3.05, 3.63) is 36.3 Å². The number of carbonyl (C=O) groups is 1. The summed E-state index contributed by atoms with van der Waals surface area (Å²) in [6.45, 7) is 2.78. The zero-order chi connectivity index (χ0) is 12.4. The molecule has 0 saturated carbocycles. The SMILES string of the molecule is Cl.Cl.O=C(Cc1cn2ccccc2n1)NCC1CNC1. The number of fused-ring (bicyclic) bond motifs is 1. The summed E-state index contributed by atoms with van der Waals surface area (Å²) in [5.41, 5.74) is 1.69. The maximum Gasteiger partial charge on any atom is 0.226 e. The molecule has 3 heterocycles. The van der Waals surface area contributed by atoms with E-state index in [1.807, 2.05) is 35.0 Å². The van der Waals surface area contributed by atoms with Gasteiger partial charge in [0.2, 0.25) is 5.91 Å². The van der Waals surface area contributed by atoms with E-state index in [1.54, 1.807) is 0 Å². The van der Waals surface area contributed by atoms with Gasteiger partial charge in [0.25, 0.3) is 0 Å². The molecular weight excluding hydrogens is 299 g/mol. The summed E-state index contributed by atoms with van der Waals surface area (Å²) in [5, 5.41) is 6.13. The molecule has 1 aliphatic rings. The van der Waals surface area contributed by atoms with E-state index in [1.165, 1.54) is 0 Å². The number of imidazole rings is 1. The lowest BCUT2D eigenvalue weighted by atomic mass is 10.0. The molecule has 5 nitrogen and oxygen atoms in total. The average Bonchev–Trinajstić information content (AvgIpc) is 2.68. The van der Waals surface area contributed by atoms with Gasteiger partial charge in [-0.3, -0.25) is 4.79 Å². The van der Waals surface area contributed by atoms with E-state index in [0.29, 0.717) is 12.3 Å². The summed E-state index contributed by atoms with van der Waals surface area (Å²) < 4.78 is 1.93. The van der Waals surface area contributed by atoms with E-state index in [0.717, 1.165) is 31.0 Å². The maximum absolute atomic E-state index is 11.8. The van der Waals surface area contributed by atoms with E-state index < -0.39 is 0 Å². The summed E-state index contributed by atoms with van der Waals surface area (Å²) in [4.78, 5) is 16.2. The molecule has 0 atom stereocenters. The number of hydrogen-bond donors (Lipinski definition) is 2. The lowest BCUT2D eigenvalue weighted by Gasteiger charge is -2.26. The summed E-state index contributed by atoms with van der Waals surface area (Å²) in [6, 6.07) is 5.82. The minimum Gasteiger partial charge on any atom is -0.355 e. The third kappa shape index (κ3) is 3.85. The van der Waals surface area contributed by atoms with Crippen LogP contribution >= 0.6 is 24.8 Å². The Balaban J connectivity index is 0.000001000. The minimum atomic E-state index is 0. The van der Waals surface area contributed by atoms with Crippen molar-refractivity contribution in [3.63, 3.8) is 0 Å². The van der Waals surface area contributed by atoms with Crippen molar-refractivity contribution in [2.75, 3.05) is 19.6 Å². The highest BCUT2D eigenvalue weighted by Crippen LogP contribution is 2.05. The molecule has 1 fully saturated rings. The van der Waals surface area contributed by atoms with Crippen LogP contribution in [0.1, 0.15) is 5.69 Å². The molecule has 1 aliphatic heterocycles. The molecule has 1 saturated heterocycles. The molecule has 1 amide bonds. The smallest absolute Gasteiger partial charge is 0.226 e. The molecule has 0 radical (unpaired) electrons. The molecule has 0 unspecified atom stereocenters. The van der Waals surface area contributed by atoms with Crippen LogP contribution in [0.2, 0.25) is 0 Å². The van der Waals surface area contributed by atoms with Gasteiger partial charge >= 0.3 is 0 Å². The molecule has 20 heavy (non-hydrogen) atoms. The Bertz CT molecular complexity index is 535. The van der Waals surface area contributed by atoms with Gasteiger partial charge in [0.05, 0.1) is 12.1 Å². The van der Waals surface area contributed by atoms with Gasteiger partial charge in [-0.15, -0.1) is 24.8 Å². The highest BCUT2D eigenvalue weighted by Gasteiger charge is 2.17. The van der Waals surface area contributed by atoms with Gasteiger partial charge in [-0.1, -0.05) is 6.07 Å². The quantitative estimate of drug-likeness (QED) is 0.886. The van der Waals surface area contributed by atoms with Crippen molar-refractivity contribution in [2.24, 2.45) is 5.92 Å². The van der Waals surface area contributed by atoms with Gasteiger partial charge in [0, 0.05) is 37.9 Å². The first-order valence-electron chi connectivity index (χ1n) is 6.21. The van der Waals surface area contributed by atoms with Crippen LogP contribution in [-0.4, -0.2) is 34.9 Å². The molecule has 110 valence electrons. The van der Waals surface area contributed by atoms with Gasteiger partial charge < -0.3 is 15.0 Å². The number of amides is 1. The number of nitrogens with zero attached hydrogens (tertiary/aromatic N) is 2. The Hall–Kier alpha value is -1.30. The van der Waals surface area contributed by atoms with Crippen LogP contribution in [0.3, 0.4) is 0 Å². The molecule has 0 aromatic carbocycles. The largest absolute Gasteiger partial charge is 0.355 e. The van der Waals surface area contributed by atoms with Crippen molar-refractivity contribution >= 4 is 36.4 Å². The number of pyridine rings is 1. The van der Waals surface area contributed by atoms with E-state index >= 15 is 0 Å². The van der Waals surface area contributed by atoms with Crippen molar-refractivity contribution in [3.8, 4) is 0 Å². The highest BCUT2D eigenvalue weighted by atomic mass is 35.5. The fraction of sp³-hybridized carbons (Fsp3) is 0.385. The number of aromatic nitrogens is 2. The first-order valence-corrected chi connectivity index (χ1v) is 6.21. The third-order valence-electron chi connectivity index (χ3n) is 3.21. The van der Waals surface area contributed by atoms with Gasteiger partial charge in [0.15, 0.2) is 0 Å². The Morgan fingerprint density at radius 2 is 2.20 bits per heavy atom. The number of nitrogens with one attached hydrogen (secondary N) is 2. The molecule has 7 heteroatoms. The van der Waals surface area contributed by atoms with Gasteiger partial charge in [-0.05, 0) is 12.1 Å². The lowest BCUT2D eigenvalue weighted by molar-refractivity contribution is -0.120. The standard InChI is InChI=1S/C13H16N4O.2ClH/c18-13(15-8-10-6-14-7-10)5-11-9-17-4-2-1-3-12(17)16-11;;/h1-4,9-10,14H,5-8H2,(H,15,18);2*1H. The van der Waals surface area contributed by atoms with Crippen LogP contribution in [0.5, 0.6) is 0 Å². The number of halogens is 2. The van der Waals surface area contributed by atoms with E-state index in [4.69, 9.17) is 0 Å². The molecular formula is C13H18Cl2N4O. The summed E-state index contributed by atoms with van der Waals surface area (Å²) in [5.74, 6) is 0.639. The van der Waals surface area contributed by atoms with E-state index in [2.05, 4.69) is 15.6 Å². The summed E-state index contributed by atoms with van der Waals surface area (Å²) >= 11 is 0. The molecule has 2 N–H and O–H groups in total. The Kier molecular flexibility index (Phi) is 6.26. The second-order valence-electron chi connectivity index (χ2n) is 4.70. The number of rotatable bonds is 4. The minimum absolute atomic E-state index is 0. The zero-order valence-electron chi connectivity index (χ0n) is 10.9. The van der Waals surface area contributed by atoms with Crippen LogP contribution in [0.15, 0.2) is 30.6 Å². The van der Waals surface area contributed by atoms with Crippen LogP contribution in [0, 0.1) is 5.92 Å². The van der Waals surface area contributed by atoms with Crippen LogP contribution < -0.4 is 10.6 Å². The molecule has 2 aromatic heterocycles. The first kappa shape index (κ1) is 16.8. The van der Waals surface area contributed by atoms with Gasteiger partial charge in [-0.25, -0.2) is 4.98 Å². The molecule has 0 spiro atoms. The monoisotopic (exact) mass is 316 g/mol. The third-order valence-corrected chi connectivity index (χ3v) is 3.21. The second-order valence-corrected chi connectivity index (χ2v) is 4.70. The molecule has 2 aromatic rings. The maximum atomic E-state index is 11.8. The van der Waals surface area contributed by atoms with Crippen LogP contribution in [0.25, 0.3) is 5.65 Å². The average molecular weight is 317 g/mol. The van der Waals surface area contributed by atoms with Crippen LogP contribution in [-0.2, 0) is 11.2 Å². The molecule has 0 aliphatic carbocycles. The second kappa shape index (κ2) is 7.47. The first-order chi connectivity index (χ1) is 8.81. The van der Waals surface area contributed by atoms with Gasteiger partial charge in [0.1, 0.15) is 5.65 Å². The van der Waals surface area contributed by atoms with E-state index in [9.17, 15) is 4.79 Å². The fourth-order valence-corrected chi connectivity index (χ4v) is 2.05. The number of hydrogen-bond acceptors (Lipinski definition) is 3. The van der Waals surface area contributed by atoms with Crippen molar-refractivity contribution in [1.29, 1.82) is 0 Å². The van der Waals surface area contributed by atoms with Crippen molar-refractivity contribution < 1.29 is 4.79 Å². The Labute approximate surface area is 130 Å². The lowest BCUT2D eigenvalue weighted by Crippen LogP contribution is -2.48. The van der Waals surface area contributed by atoms with Gasteiger partial charge in [-0.2, -0.15) is 0 Å². The Morgan fingerprint density at radius 3 is 2.85 bits per heavy atom. The summed E-state index contributed by atoms with van der Waals surface area (Å²) in [7, 11) is 0. The fourth-order valence-electron chi connectivity index (χ4n) is 2.05. The normalized spacial score (nSPS) is 14.0. The Morgan fingerprint density at radius 1 is 1.40 bits per heavy atom. The van der Waals surface area contributed by atoms with Crippen LogP contribution in [0.4, 0.5) is 0 Å². The number of carbonyl (C=O) groups excluding carboxylic acids is 1. The van der Waals surface area contributed by atoms with Crippen molar-refractivity contribution in [1.82, 2.24) is 20.0 Å².